The van der Waals surface area contributed by atoms with E-state index in [1.54, 1.807) is 35.2 Å². The van der Waals surface area contributed by atoms with Crippen LogP contribution in [0.3, 0.4) is 0 Å². The second-order valence-corrected chi connectivity index (χ2v) is 5.56. The maximum Gasteiger partial charge on any atom is 0.259 e. The van der Waals surface area contributed by atoms with Crippen LogP contribution in [0.2, 0.25) is 5.02 Å². The highest BCUT2D eigenvalue weighted by molar-refractivity contribution is 9.10. The normalized spacial score (nSPS) is 10.3. The molecule has 0 saturated heterocycles. The quantitative estimate of drug-likeness (QED) is 0.834. The molecule has 3 nitrogen and oxygen atoms in total. The molecule has 0 aromatic heterocycles. The van der Waals surface area contributed by atoms with Gasteiger partial charge in [0.25, 0.3) is 5.91 Å². The van der Waals surface area contributed by atoms with Crippen LogP contribution in [0.25, 0.3) is 0 Å². The molecule has 0 saturated carbocycles. The average molecular weight is 354 g/mol. The number of benzene rings is 2. The first-order chi connectivity index (χ1) is 9.52. The molecular weight excluding hydrogens is 340 g/mol. The van der Waals surface area contributed by atoms with Crippen LogP contribution in [-0.2, 0) is 0 Å². The Labute approximate surface area is 131 Å². The molecule has 0 atom stereocenters. The van der Waals surface area contributed by atoms with Crippen molar-refractivity contribution in [3.63, 3.8) is 0 Å². The van der Waals surface area contributed by atoms with E-state index in [4.69, 9.17) is 17.3 Å². The summed E-state index contributed by atoms with van der Waals surface area (Å²) in [5, 5.41) is 0.532. The predicted octanol–water partition coefficient (Wildman–Crippen LogP) is 4.35. The van der Waals surface area contributed by atoms with Crippen LogP contribution in [0.15, 0.2) is 46.9 Å². The van der Waals surface area contributed by atoms with Gasteiger partial charge in [0.05, 0.1) is 5.56 Å². The molecule has 20 heavy (non-hydrogen) atoms. The van der Waals surface area contributed by atoms with Crippen molar-refractivity contribution >= 4 is 44.8 Å². The minimum absolute atomic E-state index is 0.105. The number of carbonyl (C=O) groups excluding carboxylic acids is 1. The fraction of sp³-hybridized carbons (Fsp3) is 0.133. The first-order valence-corrected chi connectivity index (χ1v) is 7.32. The van der Waals surface area contributed by atoms with Gasteiger partial charge >= 0.3 is 0 Å². The fourth-order valence-corrected chi connectivity index (χ4v) is 2.49. The molecule has 0 aliphatic carbocycles. The molecule has 2 aromatic rings. The minimum Gasteiger partial charge on any atom is -0.399 e. The zero-order chi connectivity index (χ0) is 14.7. The lowest BCUT2D eigenvalue weighted by Crippen LogP contribution is -2.30. The molecule has 2 N–H and O–H groups in total. The van der Waals surface area contributed by atoms with Crippen molar-refractivity contribution in [2.45, 2.75) is 6.92 Å². The van der Waals surface area contributed by atoms with Gasteiger partial charge in [-0.05, 0) is 65.3 Å². The second-order valence-electron chi connectivity index (χ2n) is 4.27. The molecular formula is C15H14BrClN2O. The maximum absolute atomic E-state index is 12.6. The minimum atomic E-state index is -0.105. The van der Waals surface area contributed by atoms with Gasteiger partial charge in [-0.3, -0.25) is 4.79 Å². The Kier molecular flexibility index (Phi) is 4.68. The van der Waals surface area contributed by atoms with E-state index in [1.807, 2.05) is 19.1 Å². The molecule has 5 heteroatoms. The van der Waals surface area contributed by atoms with Crippen molar-refractivity contribution in [3.8, 4) is 0 Å². The largest absolute Gasteiger partial charge is 0.399 e. The number of rotatable bonds is 3. The zero-order valence-corrected chi connectivity index (χ0v) is 13.3. The van der Waals surface area contributed by atoms with Crippen LogP contribution in [0.4, 0.5) is 11.4 Å². The van der Waals surface area contributed by atoms with Crippen molar-refractivity contribution in [1.29, 1.82) is 0 Å². The van der Waals surface area contributed by atoms with Crippen LogP contribution in [0.5, 0.6) is 0 Å². The van der Waals surface area contributed by atoms with Crippen LogP contribution in [0.1, 0.15) is 17.3 Å². The Balaban J connectivity index is 2.38. The number of hydrogen-bond acceptors (Lipinski definition) is 2. The van der Waals surface area contributed by atoms with Gasteiger partial charge in [-0.15, -0.1) is 0 Å². The molecule has 0 unspecified atom stereocenters. The van der Waals surface area contributed by atoms with E-state index in [9.17, 15) is 4.79 Å². The summed E-state index contributed by atoms with van der Waals surface area (Å²) in [5.74, 6) is -0.105. The molecule has 104 valence electrons. The Morgan fingerprint density at radius 1 is 1.25 bits per heavy atom. The number of hydrogen-bond donors (Lipinski definition) is 1. The molecule has 2 rings (SSSR count). The number of nitrogen functional groups attached to an aromatic ring is 1. The van der Waals surface area contributed by atoms with Crippen LogP contribution >= 0.6 is 27.5 Å². The highest BCUT2D eigenvalue weighted by Gasteiger charge is 2.18. The molecule has 2 aromatic carbocycles. The SMILES string of the molecule is CCN(C(=O)c1cc(Cl)ccc1Br)c1ccc(N)cc1. The number of nitrogens with two attached hydrogens (primary N) is 1. The van der Waals surface area contributed by atoms with Gasteiger partial charge in [-0.1, -0.05) is 11.6 Å². The highest BCUT2D eigenvalue weighted by Crippen LogP contribution is 2.25. The molecule has 0 spiro atoms. The fourth-order valence-electron chi connectivity index (χ4n) is 1.90. The van der Waals surface area contributed by atoms with Crippen LogP contribution in [0, 0.1) is 0 Å². The lowest BCUT2D eigenvalue weighted by atomic mass is 10.1. The van der Waals surface area contributed by atoms with Gasteiger partial charge < -0.3 is 10.6 Å². The lowest BCUT2D eigenvalue weighted by molar-refractivity contribution is 0.0987. The van der Waals surface area contributed by atoms with Crippen molar-refractivity contribution in [3.05, 3.63) is 57.5 Å². The van der Waals surface area contributed by atoms with Gasteiger partial charge in [0.2, 0.25) is 0 Å². The van der Waals surface area contributed by atoms with E-state index in [2.05, 4.69) is 15.9 Å². The first kappa shape index (κ1) is 14.9. The summed E-state index contributed by atoms with van der Waals surface area (Å²) in [5.41, 5.74) is 7.68. The monoisotopic (exact) mass is 352 g/mol. The lowest BCUT2D eigenvalue weighted by Gasteiger charge is -2.22. The van der Waals surface area contributed by atoms with Crippen LogP contribution < -0.4 is 10.6 Å². The summed E-state index contributed by atoms with van der Waals surface area (Å²) in [6.07, 6.45) is 0. The summed E-state index contributed by atoms with van der Waals surface area (Å²) < 4.78 is 0.723. The van der Waals surface area contributed by atoms with Gasteiger partial charge in [0.15, 0.2) is 0 Å². The Bertz CT molecular complexity index is 628. The van der Waals surface area contributed by atoms with E-state index in [0.717, 1.165) is 10.2 Å². The van der Waals surface area contributed by atoms with E-state index in [0.29, 0.717) is 22.8 Å². The van der Waals surface area contributed by atoms with Crippen molar-refractivity contribution in [1.82, 2.24) is 0 Å². The number of carbonyl (C=O) groups is 1. The zero-order valence-electron chi connectivity index (χ0n) is 10.9. The molecule has 0 bridgehead atoms. The van der Waals surface area contributed by atoms with Gasteiger partial charge in [0.1, 0.15) is 0 Å². The summed E-state index contributed by atoms with van der Waals surface area (Å²) in [7, 11) is 0. The smallest absolute Gasteiger partial charge is 0.259 e. The van der Waals surface area contributed by atoms with Crippen molar-refractivity contribution in [2.75, 3.05) is 17.2 Å². The van der Waals surface area contributed by atoms with Crippen molar-refractivity contribution < 1.29 is 4.79 Å². The molecule has 0 fully saturated rings. The standard InChI is InChI=1S/C15H14BrClN2O/c1-2-19(12-6-4-11(18)5-7-12)15(20)13-9-10(17)3-8-14(13)16/h3-9H,2,18H2,1H3. The summed E-state index contributed by atoms with van der Waals surface area (Å²) in [4.78, 5) is 14.3. The Morgan fingerprint density at radius 2 is 1.90 bits per heavy atom. The third-order valence-electron chi connectivity index (χ3n) is 2.92. The number of nitrogens with zero attached hydrogens (tertiary/aromatic N) is 1. The third kappa shape index (κ3) is 3.14. The summed E-state index contributed by atoms with van der Waals surface area (Å²) in [6.45, 7) is 2.48. The number of amides is 1. The summed E-state index contributed by atoms with van der Waals surface area (Å²) in [6, 6.07) is 12.4. The topological polar surface area (TPSA) is 46.3 Å². The third-order valence-corrected chi connectivity index (χ3v) is 3.85. The average Bonchev–Trinajstić information content (AvgIpc) is 2.44. The maximum atomic E-state index is 12.6. The molecule has 0 aliphatic heterocycles. The molecule has 1 amide bonds. The van der Waals surface area contributed by atoms with Gasteiger partial charge in [-0.25, -0.2) is 0 Å². The second kappa shape index (κ2) is 6.29. The molecule has 0 aliphatic rings. The highest BCUT2D eigenvalue weighted by atomic mass is 79.9. The summed E-state index contributed by atoms with van der Waals surface area (Å²) >= 11 is 9.35. The van der Waals surface area contributed by atoms with E-state index in [1.165, 1.54) is 0 Å². The molecule has 0 radical (unpaired) electrons. The van der Waals surface area contributed by atoms with Crippen molar-refractivity contribution in [2.24, 2.45) is 0 Å². The first-order valence-electron chi connectivity index (χ1n) is 6.15. The van der Waals surface area contributed by atoms with Gasteiger partial charge in [0, 0.05) is 27.4 Å². The molecule has 0 heterocycles. The van der Waals surface area contributed by atoms with E-state index in [-0.39, 0.29) is 5.91 Å². The predicted molar refractivity (Wildman–Crippen MR) is 87.4 cm³/mol. The number of anilines is 2. The number of halogens is 2. The Hall–Kier alpha value is -1.52. The Morgan fingerprint density at radius 3 is 2.50 bits per heavy atom. The van der Waals surface area contributed by atoms with Crippen LogP contribution in [-0.4, -0.2) is 12.5 Å². The van der Waals surface area contributed by atoms with Gasteiger partial charge in [-0.2, -0.15) is 0 Å². The van der Waals surface area contributed by atoms with E-state index >= 15 is 0 Å². The van der Waals surface area contributed by atoms with E-state index < -0.39 is 0 Å².